The number of esters is 2. The summed E-state index contributed by atoms with van der Waals surface area (Å²) in [6, 6.07) is -0.723. The molecule has 68 heavy (non-hydrogen) atoms. The molecule has 8 nitrogen and oxygen atoms in total. The van der Waals surface area contributed by atoms with Crippen LogP contribution < -0.4 is 5.11 Å². The van der Waals surface area contributed by atoms with E-state index in [0.717, 1.165) is 51.4 Å². The third-order valence-electron chi connectivity index (χ3n) is 13.6. The molecule has 0 aliphatic carbocycles. The van der Waals surface area contributed by atoms with Crippen molar-refractivity contribution in [3.63, 3.8) is 0 Å². The summed E-state index contributed by atoms with van der Waals surface area (Å²) in [5.74, 6) is -1.71. The summed E-state index contributed by atoms with van der Waals surface area (Å²) in [7, 11) is 5.44. The number of hydrogen-bond donors (Lipinski definition) is 0. The number of rotatable bonds is 54. The number of ether oxygens (including phenoxy) is 3. The van der Waals surface area contributed by atoms with Gasteiger partial charge in [0.25, 0.3) is 0 Å². The maximum Gasteiger partial charge on any atom is 0.306 e. The van der Waals surface area contributed by atoms with Gasteiger partial charge in [0.2, 0.25) is 0 Å². The van der Waals surface area contributed by atoms with E-state index in [0.29, 0.717) is 12.8 Å². The molecule has 0 aromatic heterocycles. The fourth-order valence-corrected chi connectivity index (χ4v) is 9.11. The summed E-state index contributed by atoms with van der Waals surface area (Å²) in [6.45, 7) is 4.63. The SMILES string of the molecule is CC/C=C/C/C=C/CCCCCCCCCCCCCCCCC(=O)OCC(COCCC(C(=O)[O-])[N+](C)(C)C)OC(=O)CCCCCCCCCCCCCCCCCCCCCCCCC. The number of allylic oxidation sites excluding steroid dienone is 4. The van der Waals surface area contributed by atoms with Gasteiger partial charge in [0.1, 0.15) is 12.6 Å². The molecule has 0 rings (SSSR count). The van der Waals surface area contributed by atoms with Crippen LogP contribution in [-0.2, 0) is 28.6 Å². The molecule has 0 spiro atoms. The van der Waals surface area contributed by atoms with Gasteiger partial charge in [-0.1, -0.05) is 256 Å². The number of hydrogen-bond acceptors (Lipinski definition) is 7. The van der Waals surface area contributed by atoms with E-state index in [4.69, 9.17) is 14.2 Å². The van der Waals surface area contributed by atoms with Crippen molar-refractivity contribution < 1.29 is 38.2 Å². The number of carboxylic acids is 1. The van der Waals surface area contributed by atoms with Crippen LogP contribution in [-0.4, -0.2) is 75.5 Å². The van der Waals surface area contributed by atoms with Crippen molar-refractivity contribution in [1.29, 1.82) is 0 Å². The minimum absolute atomic E-state index is 0.0468. The highest BCUT2D eigenvalue weighted by molar-refractivity contribution is 5.70. The lowest BCUT2D eigenvalue weighted by molar-refractivity contribution is -0.889. The maximum absolute atomic E-state index is 12.8. The lowest BCUT2D eigenvalue weighted by Gasteiger charge is -2.34. The first-order valence-electron chi connectivity index (χ1n) is 29.4. The predicted octanol–water partition coefficient (Wildman–Crippen LogP) is 16.2. The zero-order valence-electron chi connectivity index (χ0n) is 45.8. The van der Waals surface area contributed by atoms with E-state index >= 15 is 0 Å². The van der Waals surface area contributed by atoms with E-state index < -0.39 is 18.1 Å². The van der Waals surface area contributed by atoms with Crippen LogP contribution in [0.3, 0.4) is 0 Å². The largest absolute Gasteiger partial charge is 0.544 e. The second-order valence-corrected chi connectivity index (χ2v) is 21.2. The normalized spacial score (nSPS) is 12.9. The lowest BCUT2D eigenvalue weighted by Crippen LogP contribution is -2.55. The fraction of sp³-hybridized carbons (Fsp3) is 0.883. The Bertz CT molecular complexity index is 1160. The molecule has 0 N–H and O–H groups in total. The molecule has 0 aromatic rings. The van der Waals surface area contributed by atoms with Gasteiger partial charge in [0, 0.05) is 19.3 Å². The Hall–Kier alpha value is -2.19. The summed E-state index contributed by atoms with van der Waals surface area (Å²) in [6.07, 6.45) is 60.8. The van der Waals surface area contributed by atoms with Crippen LogP contribution in [0.15, 0.2) is 24.3 Å². The second-order valence-electron chi connectivity index (χ2n) is 21.2. The molecule has 0 saturated heterocycles. The molecule has 2 atom stereocenters. The molecule has 0 aliphatic heterocycles. The fourth-order valence-electron chi connectivity index (χ4n) is 9.11. The zero-order valence-corrected chi connectivity index (χ0v) is 45.8. The molecule has 0 saturated carbocycles. The number of aliphatic carboxylic acids is 1. The minimum Gasteiger partial charge on any atom is -0.544 e. The molecule has 2 unspecified atom stereocenters. The third kappa shape index (κ3) is 48.8. The average Bonchev–Trinajstić information content (AvgIpc) is 3.30. The van der Waals surface area contributed by atoms with Gasteiger partial charge in [-0.3, -0.25) is 9.59 Å². The van der Waals surface area contributed by atoms with E-state index in [1.54, 1.807) is 0 Å². The quantitative estimate of drug-likeness (QED) is 0.0259. The van der Waals surface area contributed by atoms with Gasteiger partial charge in [0.15, 0.2) is 6.10 Å². The van der Waals surface area contributed by atoms with Gasteiger partial charge < -0.3 is 28.6 Å². The highest BCUT2D eigenvalue weighted by Crippen LogP contribution is 2.18. The van der Waals surface area contributed by atoms with Crippen molar-refractivity contribution in [2.75, 3.05) is 41.0 Å². The maximum atomic E-state index is 12.8. The van der Waals surface area contributed by atoms with Crippen LogP contribution in [0.1, 0.15) is 290 Å². The van der Waals surface area contributed by atoms with E-state index in [1.807, 2.05) is 21.1 Å². The Morgan fingerprint density at radius 1 is 0.456 bits per heavy atom. The van der Waals surface area contributed by atoms with Gasteiger partial charge in [0.05, 0.1) is 40.3 Å². The summed E-state index contributed by atoms with van der Waals surface area (Å²) in [5, 5.41) is 11.7. The number of nitrogens with zero attached hydrogens (tertiary/aromatic N) is 1. The molecule has 400 valence electrons. The zero-order chi connectivity index (χ0) is 49.9. The van der Waals surface area contributed by atoms with Gasteiger partial charge in [-0.05, 0) is 38.5 Å². The monoisotopic (exact) mass is 960 g/mol. The topological polar surface area (TPSA) is 102 Å². The number of carbonyl (C=O) groups excluding carboxylic acids is 3. The van der Waals surface area contributed by atoms with Crippen molar-refractivity contribution in [3.8, 4) is 0 Å². The van der Waals surface area contributed by atoms with Crippen LogP contribution in [0.2, 0.25) is 0 Å². The van der Waals surface area contributed by atoms with Crippen LogP contribution in [0.25, 0.3) is 0 Å². The van der Waals surface area contributed by atoms with E-state index in [2.05, 4.69) is 38.2 Å². The molecule has 0 aliphatic rings. The third-order valence-corrected chi connectivity index (χ3v) is 13.6. The van der Waals surface area contributed by atoms with Gasteiger partial charge >= 0.3 is 11.9 Å². The Kier molecular flexibility index (Phi) is 49.5. The minimum atomic E-state index is -1.12. The molecule has 0 fully saturated rings. The predicted molar refractivity (Wildman–Crippen MR) is 287 cm³/mol. The highest BCUT2D eigenvalue weighted by atomic mass is 16.6. The summed E-state index contributed by atoms with van der Waals surface area (Å²) in [4.78, 5) is 37.2. The van der Waals surface area contributed by atoms with Gasteiger partial charge in [-0.2, -0.15) is 0 Å². The first kappa shape index (κ1) is 65.8. The smallest absolute Gasteiger partial charge is 0.306 e. The second kappa shape index (κ2) is 51.2. The molecular formula is C60H113NO7. The number of unbranched alkanes of at least 4 members (excludes halogenated alkanes) is 36. The van der Waals surface area contributed by atoms with Crippen molar-refractivity contribution >= 4 is 17.9 Å². The standard InChI is InChI=1S/C60H113NO7/c1-6-8-10-12-14-16-18-20-22-24-26-28-29-31-33-35-37-39-41-43-45-47-49-51-59(63)68-56(54-66-53-52-57(60(64)65)61(3,4)5)55-67-58(62)50-48-46-44-42-40-38-36-34-32-30-27-25-23-21-19-17-15-13-11-9-7-2/h9,11,15,17,56-57H,6-8,10,12-14,16,18-55H2,1-5H3/b11-9+,17-15+. The number of carboxylic acid groups (broad SMARTS) is 1. The summed E-state index contributed by atoms with van der Waals surface area (Å²) < 4.78 is 17.3. The van der Waals surface area contributed by atoms with E-state index in [9.17, 15) is 19.5 Å². The molecule has 0 bridgehead atoms. The Morgan fingerprint density at radius 3 is 1.21 bits per heavy atom. The van der Waals surface area contributed by atoms with Gasteiger partial charge in [-0.15, -0.1) is 0 Å². The van der Waals surface area contributed by atoms with Crippen molar-refractivity contribution in [1.82, 2.24) is 0 Å². The van der Waals surface area contributed by atoms with Crippen molar-refractivity contribution in [2.45, 2.75) is 302 Å². The molecule has 0 amide bonds. The first-order valence-corrected chi connectivity index (χ1v) is 29.4. The Balaban J connectivity index is 4.10. The number of carbonyl (C=O) groups is 3. The van der Waals surface area contributed by atoms with Crippen LogP contribution >= 0.6 is 0 Å². The Morgan fingerprint density at radius 2 is 0.824 bits per heavy atom. The van der Waals surface area contributed by atoms with Gasteiger partial charge in [-0.25, -0.2) is 0 Å². The highest BCUT2D eigenvalue weighted by Gasteiger charge is 2.25. The lowest BCUT2D eigenvalue weighted by atomic mass is 10.0. The van der Waals surface area contributed by atoms with Crippen LogP contribution in [0, 0.1) is 0 Å². The van der Waals surface area contributed by atoms with Crippen molar-refractivity contribution in [2.24, 2.45) is 0 Å². The Labute approximate surface area is 421 Å². The molecule has 0 aromatic carbocycles. The first-order chi connectivity index (χ1) is 33.1. The summed E-state index contributed by atoms with van der Waals surface area (Å²) >= 11 is 0. The van der Waals surface area contributed by atoms with Crippen LogP contribution in [0.5, 0.6) is 0 Å². The molecular weight excluding hydrogens is 847 g/mol. The molecule has 0 radical (unpaired) electrons. The van der Waals surface area contributed by atoms with Crippen LogP contribution in [0.4, 0.5) is 0 Å². The number of likely N-dealkylation sites (N-methyl/N-ethyl adjacent to an activating group) is 1. The van der Waals surface area contributed by atoms with E-state index in [-0.39, 0.29) is 42.7 Å². The summed E-state index contributed by atoms with van der Waals surface area (Å²) in [5.41, 5.74) is 0. The molecule has 8 heteroatoms. The van der Waals surface area contributed by atoms with Crippen molar-refractivity contribution in [3.05, 3.63) is 24.3 Å². The average molecular weight is 961 g/mol. The van der Waals surface area contributed by atoms with E-state index in [1.165, 1.54) is 205 Å². The molecule has 0 heterocycles. The number of quaternary nitrogens is 1.